The van der Waals surface area contributed by atoms with Gasteiger partial charge in [-0.05, 0) is 30.2 Å². The third-order valence-corrected chi connectivity index (χ3v) is 3.48. The van der Waals surface area contributed by atoms with Crippen molar-refractivity contribution >= 4 is 17.5 Å². The number of carbonyl (C=O) groups is 2. The van der Waals surface area contributed by atoms with Crippen molar-refractivity contribution in [1.29, 1.82) is 0 Å². The van der Waals surface area contributed by atoms with Gasteiger partial charge in [-0.3, -0.25) is 9.59 Å². The number of methoxy groups -OCH3 is 1. The summed E-state index contributed by atoms with van der Waals surface area (Å²) in [4.78, 5) is 23.8. The van der Waals surface area contributed by atoms with Crippen molar-refractivity contribution in [2.24, 2.45) is 0 Å². The van der Waals surface area contributed by atoms with E-state index in [9.17, 15) is 14.0 Å². The maximum absolute atomic E-state index is 13.8. The minimum Gasteiger partial charge on any atom is -0.491 e. The first-order valence-electron chi connectivity index (χ1n) is 8.11. The summed E-state index contributed by atoms with van der Waals surface area (Å²) in [7, 11) is 1.61. The SMILES string of the molecule is CCOc1ccc(NC(=O)C(=O)NCc2ccc(COC)cc2)cc1F. The van der Waals surface area contributed by atoms with Crippen LogP contribution in [0.2, 0.25) is 0 Å². The molecule has 6 nitrogen and oxygen atoms in total. The largest absolute Gasteiger partial charge is 0.491 e. The monoisotopic (exact) mass is 360 g/mol. The quantitative estimate of drug-likeness (QED) is 0.744. The number of halogens is 1. The summed E-state index contributed by atoms with van der Waals surface area (Å²) in [5.74, 6) is -2.20. The van der Waals surface area contributed by atoms with Gasteiger partial charge in [0.15, 0.2) is 11.6 Å². The smallest absolute Gasteiger partial charge is 0.313 e. The molecule has 0 bridgehead atoms. The van der Waals surface area contributed by atoms with Crippen LogP contribution in [0.4, 0.5) is 10.1 Å². The molecule has 7 heteroatoms. The van der Waals surface area contributed by atoms with Gasteiger partial charge in [-0.25, -0.2) is 4.39 Å². The van der Waals surface area contributed by atoms with E-state index in [1.165, 1.54) is 12.1 Å². The molecule has 0 aliphatic rings. The zero-order chi connectivity index (χ0) is 18.9. The number of anilines is 1. The van der Waals surface area contributed by atoms with Gasteiger partial charge in [0.1, 0.15) is 0 Å². The molecule has 2 N–H and O–H groups in total. The van der Waals surface area contributed by atoms with Crippen LogP contribution in [-0.2, 0) is 27.5 Å². The Kier molecular flexibility index (Phi) is 7.11. The summed E-state index contributed by atoms with van der Waals surface area (Å²) in [6.45, 7) is 2.78. The molecule has 0 aliphatic heterocycles. The summed E-state index contributed by atoms with van der Waals surface area (Å²) >= 11 is 0. The highest BCUT2D eigenvalue weighted by atomic mass is 19.1. The summed E-state index contributed by atoms with van der Waals surface area (Å²) in [6.07, 6.45) is 0. The van der Waals surface area contributed by atoms with E-state index in [2.05, 4.69) is 10.6 Å². The lowest BCUT2D eigenvalue weighted by Gasteiger charge is -2.09. The van der Waals surface area contributed by atoms with E-state index < -0.39 is 17.6 Å². The Balaban J connectivity index is 1.87. The Morgan fingerprint density at radius 1 is 1.04 bits per heavy atom. The normalized spacial score (nSPS) is 10.3. The Hall–Kier alpha value is -2.93. The Morgan fingerprint density at radius 2 is 1.73 bits per heavy atom. The van der Waals surface area contributed by atoms with Crippen LogP contribution in [0.1, 0.15) is 18.1 Å². The van der Waals surface area contributed by atoms with E-state index in [-0.39, 0.29) is 18.0 Å². The van der Waals surface area contributed by atoms with Gasteiger partial charge in [0.05, 0.1) is 13.2 Å². The molecule has 0 unspecified atom stereocenters. The molecule has 0 aliphatic carbocycles. The highest BCUT2D eigenvalue weighted by Crippen LogP contribution is 2.21. The van der Waals surface area contributed by atoms with Crippen molar-refractivity contribution in [3.8, 4) is 5.75 Å². The molecule has 0 heterocycles. The van der Waals surface area contributed by atoms with E-state index in [1.807, 2.05) is 24.3 Å². The van der Waals surface area contributed by atoms with E-state index in [0.717, 1.165) is 17.2 Å². The standard InChI is InChI=1S/C19H21FN2O4/c1-3-26-17-9-8-15(10-16(17)20)22-19(24)18(23)21-11-13-4-6-14(7-5-13)12-25-2/h4-10H,3,11-12H2,1-2H3,(H,21,23)(H,22,24). The lowest BCUT2D eigenvalue weighted by Crippen LogP contribution is -2.34. The summed E-state index contributed by atoms with van der Waals surface area (Å²) in [5, 5.41) is 4.87. The number of hydrogen-bond donors (Lipinski definition) is 2. The Labute approximate surface area is 151 Å². The van der Waals surface area contributed by atoms with Gasteiger partial charge in [0.2, 0.25) is 0 Å². The molecule has 2 amide bonds. The van der Waals surface area contributed by atoms with Gasteiger partial charge >= 0.3 is 11.8 Å². The molecule has 0 spiro atoms. The van der Waals surface area contributed by atoms with Gasteiger partial charge in [0, 0.05) is 25.4 Å². The van der Waals surface area contributed by atoms with Gasteiger partial charge in [-0.2, -0.15) is 0 Å². The van der Waals surface area contributed by atoms with Crippen LogP contribution in [-0.4, -0.2) is 25.5 Å². The van der Waals surface area contributed by atoms with Crippen molar-refractivity contribution in [2.45, 2.75) is 20.1 Å². The van der Waals surface area contributed by atoms with Crippen LogP contribution in [0.3, 0.4) is 0 Å². The topological polar surface area (TPSA) is 76.7 Å². The molecule has 0 aromatic heterocycles. The summed E-state index contributed by atoms with van der Waals surface area (Å²) in [6, 6.07) is 11.4. The first kappa shape index (κ1) is 19.4. The van der Waals surface area contributed by atoms with Crippen molar-refractivity contribution in [1.82, 2.24) is 5.32 Å². The fraction of sp³-hybridized carbons (Fsp3) is 0.263. The van der Waals surface area contributed by atoms with Gasteiger partial charge in [-0.15, -0.1) is 0 Å². The first-order valence-corrected chi connectivity index (χ1v) is 8.11. The van der Waals surface area contributed by atoms with Crippen LogP contribution in [0.25, 0.3) is 0 Å². The second kappa shape index (κ2) is 9.53. The fourth-order valence-electron chi connectivity index (χ4n) is 2.22. The van der Waals surface area contributed by atoms with E-state index in [4.69, 9.17) is 9.47 Å². The van der Waals surface area contributed by atoms with Crippen LogP contribution in [0, 0.1) is 5.82 Å². The molecule has 0 saturated heterocycles. The number of amides is 2. The number of benzene rings is 2. The molecular formula is C19H21FN2O4. The number of carbonyl (C=O) groups excluding carboxylic acids is 2. The summed E-state index contributed by atoms with van der Waals surface area (Å²) < 4.78 is 23.9. The average molecular weight is 360 g/mol. The molecule has 0 fully saturated rings. The number of nitrogens with one attached hydrogen (secondary N) is 2. The number of rotatable bonds is 7. The average Bonchev–Trinajstić information content (AvgIpc) is 2.63. The molecule has 2 rings (SSSR count). The van der Waals surface area contributed by atoms with Crippen molar-refractivity contribution in [3.05, 3.63) is 59.4 Å². The second-order valence-electron chi connectivity index (χ2n) is 5.46. The molecule has 0 radical (unpaired) electrons. The minimum atomic E-state index is -0.871. The van der Waals surface area contributed by atoms with E-state index >= 15 is 0 Å². The van der Waals surface area contributed by atoms with Crippen molar-refractivity contribution in [3.63, 3.8) is 0 Å². The predicted molar refractivity (Wildman–Crippen MR) is 95.2 cm³/mol. The lowest BCUT2D eigenvalue weighted by atomic mass is 10.1. The van der Waals surface area contributed by atoms with Gasteiger partial charge in [-0.1, -0.05) is 24.3 Å². The lowest BCUT2D eigenvalue weighted by molar-refractivity contribution is -0.136. The third-order valence-electron chi connectivity index (χ3n) is 3.48. The Morgan fingerprint density at radius 3 is 2.35 bits per heavy atom. The van der Waals surface area contributed by atoms with Crippen molar-refractivity contribution < 1.29 is 23.5 Å². The van der Waals surface area contributed by atoms with Crippen LogP contribution >= 0.6 is 0 Å². The first-order chi connectivity index (χ1) is 12.5. The van der Waals surface area contributed by atoms with Crippen molar-refractivity contribution in [2.75, 3.05) is 19.0 Å². The zero-order valence-electron chi connectivity index (χ0n) is 14.7. The van der Waals surface area contributed by atoms with E-state index in [0.29, 0.717) is 13.2 Å². The maximum atomic E-state index is 13.8. The van der Waals surface area contributed by atoms with Gasteiger partial charge in [0.25, 0.3) is 0 Å². The number of ether oxygens (including phenoxy) is 2. The molecule has 26 heavy (non-hydrogen) atoms. The molecule has 0 saturated carbocycles. The van der Waals surface area contributed by atoms with Gasteiger partial charge < -0.3 is 20.1 Å². The highest BCUT2D eigenvalue weighted by Gasteiger charge is 2.14. The van der Waals surface area contributed by atoms with Crippen LogP contribution in [0.15, 0.2) is 42.5 Å². The maximum Gasteiger partial charge on any atom is 0.313 e. The predicted octanol–water partition coefficient (Wildman–Crippen LogP) is 2.63. The van der Waals surface area contributed by atoms with Crippen LogP contribution < -0.4 is 15.4 Å². The molecule has 2 aromatic rings. The van der Waals surface area contributed by atoms with Crippen LogP contribution in [0.5, 0.6) is 5.75 Å². The molecule has 0 atom stereocenters. The van der Waals surface area contributed by atoms with E-state index in [1.54, 1.807) is 14.0 Å². The second-order valence-corrected chi connectivity index (χ2v) is 5.46. The molecular weight excluding hydrogens is 339 g/mol. The minimum absolute atomic E-state index is 0.0897. The molecule has 2 aromatic carbocycles. The molecule has 138 valence electrons. The zero-order valence-corrected chi connectivity index (χ0v) is 14.7. The Bertz CT molecular complexity index is 763. The third kappa shape index (κ3) is 5.56. The fourth-order valence-corrected chi connectivity index (χ4v) is 2.22. The number of hydrogen-bond acceptors (Lipinski definition) is 4. The highest BCUT2D eigenvalue weighted by molar-refractivity contribution is 6.39. The summed E-state index contributed by atoms with van der Waals surface area (Å²) in [5.41, 5.74) is 2.03.